The zero-order valence-corrected chi connectivity index (χ0v) is 14.3. The second-order valence-corrected chi connectivity index (χ2v) is 7.75. The molecule has 0 unspecified atom stereocenters. The van der Waals surface area contributed by atoms with E-state index in [1.54, 1.807) is 35.7 Å². The molecule has 0 bridgehead atoms. The number of amides is 1. The van der Waals surface area contributed by atoms with Gasteiger partial charge in [0.25, 0.3) is 15.9 Å². The monoisotopic (exact) mass is 388 g/mol. The number of halogens is 1. The molecule has 0 saturated carbocycles. The van der Waals surface area contributed by atoms with Gasteiger partial charge in [0.2, 0.25) is 0 Å². The van der Waals surface area contributed by atoms with E-state index in [0.29, 0.717) is 22.3 Å². The molecule has 0 fully saturated rings. The van der Waals surface area contributed by atoms with Gasteiger partial charge in [-0.15, -0.1) is 11.3 Å². The van der Waals surface area contributed by atoms with Crippen molar-refractivity contribution in [2.24, 2.45) is 0 Å². The van der Waals surface area contributed by atoms with Crippen molar-refractivity contribution in [3.63, 3.8) is 0 Å². The van der Waals surface area contributed by atoms with Crippen LogP contribution in [0.3, 0.4) is 0 Å². The van der Waals surface area contributed by atoms with E-state index in [4.69, 9.17) is 0 Å². The summed E-state index contributed by atoms with van der Waals surface area (Å²) in [6.07, 6.45) is 0. The Balaban J connectivity index is 2.17. The highest BCUT2D eigenvalue weighted by atomic mass is 79.9. The zero-order valence-electron chi connectivity index (χ0n) is 11.1. The molecule has 2 N–H and O–H groups in total. The van der Waals surface area contributed by atoms with Gasteiger partial charge in [-0.1, -0.05) is 0 Å². The van der Waals surface area contributed by atoms with Crippen LogP contribution in [0.2, 0.25) is 0 Å². The molecule has 0 radical (unpaired) electrons. The van der Waals surface area contributed by atoms with Gasteiger partial charge in [0.1, 0.15) is 0 Å². The van der Waals surface area contributed by atoms with Gasteiger partial charge in [0.05, 0.1) is 0 Å². The largest absolute Gasteiger partial charge is 0.352 e. The quantitative estimate of drug-likeness (QED) is 0.826. The fraction of sp³-hybridized carbons (Fsp3) is 0.154. The summed E-state index contributed by atoms with van der Waals surface area (Å²) in [5, 5.41) is 4.37. The summed E-state index contributed by atoms with van der Waals surface area (Å²) in [7, 11) is -3.62. The van der Waals surface area contributed by atoms with Crippen molar-refractivity contribution in [3.8, 4) is 0 Å². The maximum atomic E-state index is 12.2. The van der Waals surface area contributed by atoms with Crippen molar-refractivity contribution in [2.75, 3.05) is 11.3 Å². The molecule has 1 heterocycles. The van der Waals surface area contributed by atoms with Crippen molar-refractivity contribution >= 4 is 48.9 Å². The zero-order chi connectivity index (χ0) is 15.5. The van der Waals surface area contributed by atoms with Crippen molar-refractivity contribution < 1.29 is 13.2 Å². The maximum absolute atomic E-state index is 12.2. The minimum Gasteiger partial charge on any atom is -0.352 e. The van der Waals surface area contributed by atoms with E-state index in [2.05, 4.69) is 26.0 Å². The minimum absolute atomic E-state index is 0.187. The Morgan fingerprint density at radius 1 is 1.24 bits per heavy atom. The standard InChI is InChI=1S/C13H13BrN2O3S2/c1-2-15-12(17)9-3-5-10(6-4-9)16-21(18,19)13-11(14)7-8-20-13/h3-8,16H,2H2,1H3,(H,15,17). The van der Waals surface area contributed by atoms with E-state index in [-0.39, 0.29) is 10.1 Å². The Kier molecular flexibility index (Phi) is 5.02. The van der Waals surface area contributed by atoms with E-state index in [0.717, 1.165) is 11.3 Å². The molecule has 1 aromatic carbocycles. The third kappa shape index (κ3) is 3.84. The predicted molar refractivity (Wildman–Crippen MR) is 87.3 cm³/mol. The van der Waals surface area contributed by atoms with Crippen molar-refractivity contribution in [1.82, 2.24) is 5.32 Å². The molecular formula is C13H13BrN2O3S2. The lowest BCUT2D eigenvalue weighted by atomic mass is 10.2. The molecule has 2 rings (SSSR count). The van der Waals surface area contributed by atoms with Crippen LogP contribution in [0.1, 0.15) is 17.3 Å². The van der Waals surface area contributed by atoms with Crippen molar-refractivity contribution in [3.05, 3.63) is 45.7 Å². The Morgan fingerprint density at radius 2 is 1.90 bits per heavy atom. The molecule has 21 heavy (non-hydrogen) atoms. The normalized spacial score (nSPS) is 11.1. The molecule has 2 aromatic rings. The number of anilines is 1. The van der Waals surface area contributed by atoms with Crippen LogP contribution in [0, 0.1) is 0 Å². The van der Waals surface area contributed by atoms with Crippen LogP contribution in [0.25, 0.3) is 0 Å². The number of rotatable bonds is 5. The highest BCUT2D eigenvalue weighted by Gasteiger charge is 2.19. The highest BCUT2D eigenvalue weighted by molar-refractivity contribution is 9.10. The van der Waals surface area contributed by atoms with Gasteiger partial charge in [0, 0.05) is 22.3 Å². The molecule has 0 saturated heterocycles. The van der Waals surface area contributed by atoms with Crippen LogP contribution >= 0.6 is 27.3 Å². The topological polar surface area (TPSA) is 75.3 Å². The van der Waals surface area contributed by atoms with Gasteiger partial charge in [-0.3, -0.25) is 9.52 Å². The van der Waals surface area contributed by atoms with Gasteiger partial charge in [-0.2, -0.15) is 0 Å². The Hall–Kier alpha value is -1.38. The molecule has 112 valence electrons. The summed E-state index contributed by atoms with van der Waals surface area (Å²) in [5.74, 6) is -0.187. The first-order chi connectivity index (χ1) is 9.94. The van der Waals surface area contributed by atoms with E-state index in [1.807, 2.05) is 6.92 Å². The minimum atomic E-state index is -3.62. The van der Waals surface area contributed by atoms with Crippen LogP contribution in [-0.4, -0.2) is 20.9 Å². The number of carbonyl (C=O) groups excluding carboxylic acids is 1. The second kappa shape index (κ2) is 6.59. The lowest BCUT2D eigenvalue weighted by Crippen LogP contribution is -2.22. The lowest BCUT2D eigenvalue weighted by molar-refractivity contribution is 0.0956. The summed E-state index contributed by atoms with van der Waals surface area (Å²) < 4.78 is 27.6. The molecule has 1 aromatic heterocycles. The Morgan fingerprint density at radius 3 is 2.43 bits per heavy atom. The summed E-state index contributed by atoms with van der Waals surface area (Å²) in [4.78, 5) is 11.6. The van der Waals surface area contributed by atoms with Crippen LogP contribution in [-0.2, 0) is 10.0 Å². The third-order valence-corrected chi connectivity index (χ3v) is 6.62. The number of hydrogen-bond donors (Lipinski definition) is 2. The van der Waals surface area contributed by atoms with Gasteiger partial charge < -0.3 is 5.32 Å². The average molecular weight is 389 g/mol. The molecule has 0 spiro atoms. The van der Waals surface area contributed by atoms with Crippen LogP contribution < -0.4 is 10.0 Å². The first kappa shape index (κ1) is 16.0. The van der Waals surface area contributed by atoms with Crippen molar-refractivity contribution in [1.29, 1.82) is 0 Å². The molecule has 8 heteroatoms. The molecular weight excluding hydrogens is 376 g/mol. The van der Waals surface area contributed by atoms with Gasteiger partial charge in [0.15, 0.2) is 4.21 Å². The number of thiophene rings is 1. The summed E-state index contributed by atoms with van der Waals surface area (Å²) in [5.41, 5.74) is 0.889. The summed E-state index contributed by atoms with van der Waals surface area (Å²) in [6.45, 7) is 2.37. The number of nitrogens with one attached hydrogen (secondary N) is 2. The van der Waals surface area contributed by atoms with Crippen LogP contribution in [0.15, 0.2) is 44.4 Å². The second-order valence-electron chi connectivity index (χ2n) is 4.10. The fourth-order valence-electron chi connectivity index (χ4n) is 1.63. The van der Waals surface area contributed by atoms with Crippen LogP contribution in [0.4, 0.5) is 5.69 Å². The first-order valence-electron chi connectivity index (χ1n) is 6.08. The molecule has 1 amide bonds. The van der Waals surface area contributed by atoms with Gasteiger partial charge in [-0.25, -0.2) is 8.42 Å². The van der Waals surface area contributed by atoms with E-state index in [9.17, 15) is 13.2 Å². The molecule has 0 aliphatic heterocycles. The van der Waals surface area contributed by atoms with E-state index < -0.39 is 10.0 Å². The summed E-state index contributed by atoms with van der Waals surface area (Å²) in [6, 6.07) is 7.95. The summed E-state index contributed by atoms with van der Waals surface area (Å²) >= 11 is 4.33. The number of hydrogen-bond acceptors (Lipinski definition) is 4. The Labute approximate surface area is 135 Å². The third-order valence-electron chi connectivity index (χ3n) is 2.57. The van der Waals surface area contributed by atoms with Crippen molar-refractivity contribution in [2.45, 2.75) is 11.1 Å². The molecule has 0 aliphatic carbocycles. The molecule has 0 aliphatic rings. The first-order valence-corrected chi connectivity index (χ1v) is 9.23. The lowest BCUT2D eigenvalue weighted by Gasteiger charge is -2.08. The van der Waals surface area contributed by atoms with E-state index in [1.165, 1.54) is 0 Å². The molecule has 5 nitrogen and oxygen atoms in total. The highest BCUT2D eigenvalue weighted by Crippen LogP contribution is 2.29. The molecule has 0 atom stereocenters. The smallest absolute Gasteiger partial charge is 0.272 e. The van der Waals surface area contributed by atoms with Crippen LogP contribution in [0.5, 0.6) is 0 Å². The SMILES string of the molecule is CCNC(=O)c1ccc(NS(=O)(=O)c2sccc2Br)cc1. The number of carbonyl (C=O) groups is 1. The Bertz CT molecular complexity index is 739. The predicted octanol–water partition coefficient (Wildman–Crippen LogP) is 3.06. The fourth-order valence-corrected chi connectivity index (χ4v) is 5.02. The maximum Gasteiger partial charge on any atom is 0.272 e. The average Bonchev–Trinajstić information content (AvgIpc) is 2.86. The van der Waals surface area contributed by atoms with E-state index >= 15 is 0 Å². The van der Waals surface area contributed by atoms with Gasteiger partial charge in [-0.05, 0) is 58.6 Å². The van der Waals surface area contributed by atoms with Gasteiger partial charge >= 0.3 is 0 Å². The number of sulfonamides is 1. The number of benzene rings is 1.